The van der Waals surface area contributed by atoms with Crippen LogP contribution < -0.4 is 0 Å². The van der Waals surface area contributed by atoms with Crippen LogP contribution in [0.1, 0.15) is 0 Å². The van der Waals surface area contributed by atoms with Crippen LogP contribution in [0.25, 0.3) is 0 Å². The third kappa shape index (κ3) is 139. The van der Waals surface area contributed by atoms with Gasteiger partial charge in [0.15, 0.2) is 0 Å². The van der Waals surface area contributed by atoms with E-state index in [2.05, 4.69) is 0 Å². The Kier molecular flexibility index (Phi) is 11.9. The molecule has 0 aliphatic carbocycles. The first-order chi connectivity index (χ1) is 2.00. The molecule has 0 amide bonds. The van der Waals surface area contributed by atoms with Crippen LogP contribution in [0.15, 0.2) is 0 Å². The molecule has 0 fully saturated rings. The van der Waals surface area contributed by atoms with E-state index in [1.54, 1.807) is 0 Å². The summed E-state index contributed by atoms with van der Waals surface area (Å²) in [6, 6.07) is 0. The molecule has 0 aromatic heterocycles. The van der Waals surface area contributed by atoms with Crippen molar-refractivity contribution in [2.45, 2.75) is 0 Å². The summed E-state index contributed by atoms with van der Waals surface area (Å²) in [5, 5.41) is 0. The van der Waals surface area contributed by atoms with Crippen molar-refractivity contribution in [2.75, 3.05) is 0 Å². The Bertz CT molecular complexity index is 27.2. The third-order valence-corrected chi connectivity index (χ3v) is 0. The molecule has 0 heterocycles. The molecule has 0 rings (SSSR count). The zero-order chi connectivity index (χ0) is 4.50. The van der Waals surface area contributed by atoms with Crippen molar-refractivity contribution < 1.29 is 36.3 Å². The van der Waals surface area contributed by atoms with E-state index in [9.17, 15) is 0 Å². The van der Waals surface area contributed by atoms with Gasteiger partial charge in [-0.1, -0.05) is 0 Å². The number of hydrogen-bond acceptors (Lipinski definition) is 4. The molecular formula is H5FeLiO4Si. The molecule has 7 heavy (non-hydrogen) atoms. The van der Waals surface area contributed by atoms with Gasteiger partial charge in [0, 0.05) is 17.1 Å². The Morgan fingerprint density at radius 1 is 0.857 bits per heavy atom. The normalized spacial score (nSPS) is 8.57. The average Bonchev–Trinajstić information content (AvgIpc) is 0.722. The number of hydrogen-bond donors (Lipinski definition) is 4. The van der Waals surface area contributed by atoms with Gasteiger partial charge in [0.2, 0.25) is 0 Å². The van der Waals surface area contributed by atoms with Crippen LogP contribution in [0.5, 0.6) is 0 Å². The molecule has 0 spiro atoms. The summed E-state index contributed by atoms with van der Waals surface area (Å²) in [6.07, 6.45) is 0. The molecule has 0 atom stereocenters. The molecule has 0 saturated heterocycles. The van der Waals surface area contributed by atoms with Crippen molar-refractivity contribution in [1.29, 1.82) is 0 Å². The van der Waals surface area contributed by atoms with Crippen LogP contribution in [0, 0.1) is 0 Å². The molecule has 4 N–H and O–H groups in total. The van der Waals surface area contributed by atoms with Gasteiger partial charge in [-0.2, -0.15) is 0 Å². The fourth-order valence-corrected chi connectivity index (χ4v) is 0. The topological polar surface area (TPSA) is 80.9 Å². The Morgan fingerprint density at radius 3 is 0.857 bits per heavy atom. The third-order valence-electron chi connectivity index (χ3n) is 0. The van der Waals surface area contributed by atoms with Gasteiger partial charge in [-0.05, 0) is 0 Å². The minimum atomic E-state index is -4.61. The quantitative estimate of drug-likeness (QED) is 0.280. The first kappa shape index (κ1) is 15.7. The van der Waals surface area contributed by atoms with Crippen molar-refractivity contribution in [1.82, 2.24) is 0 Å². The SMILES string of the molecule is O[Si](O)(O)O.[Fe].[LiH]. The summed E-state index contributed by atoms with van der Waals surface area (Å²) in [5.41, 5.74) is 0. The van der Waals surface area contributed by atoms with Gasteiger partial charge in [0.1, 0.15) is 0 Å². The maximum absolute atomic E-state index is 7.33. The molecular weight excluding hydrogens is 155 g/mol. The van der Waals surface area contributed by atoms with Crippen molar-refractivity contribution in [3.8, 4) is 0 Å². The molecule has 0 saturated carbocycles. The van der Waals surface area contributed by atoms with E-state index in [0.717, 1.165) is 0 Å². The van der Waals surface area contributed by atoms with Gasteiger partial charge in [-0.25, -0.2) is 0 Å². The molecule has 0 bridgehead atoms. The van der Waals surface area contributed by atoms with Gasteiger partial charge >= 0.3 is 27.9 Å². The second-order valence-corrected chi connectivity index (χ2v) is 1.80. The standard InChI is InChI=1S/Fe.Li.H4O4Si.H/c;;1-5(2,3)4;/h;;1-4H;. The van der Waals surface area contributed by atoms with Crippen molar-refractivity contribution in [3.63, 3.8) is 0 Å². The van der Waals surface area contributed by atoms with Gasteiger partial charge in [-0.3, -0.25) is 0 Å². The molecule has 0 aromatic carbocycles. The maximum atomic E-state index is 7.33. The molecule has 0 radical (unpaired) electrons. The summed E-state index contributed by atoms with van der Waals surface area (Å²) in [4.78, 5) is 29.3. The van der Waals surface area contributed by atoms with Gasteiger partial charge in [0.25, 0.3) is 0 Å². The fraction of sp³-hybridized carbons (Fsp3) is 0. The van der Waals surface area contributed by atoms with Crippen LogP contribution in [-0.2, 0) is 17.1 Å². The van der Waals surface area contributed by atoms with E-state index in [1.165, 1.54) is 0 Å². The van der Waals surface area contributed by atoms with Crippen LogP contribution >= 0.6 is 0 Å². The van der Waals surface area contributed by atoms with E-state index in [1.807, 2.05) is 0 Å². The zero-order valence-corrected chi connectivity index (χ0v) is 4.75. The summed E-state index contributed by atoms with van der Waals surface area (Å²) in [6.45, 7) is 0. The van der Waals surface area contributed by atoms with E-state index in [-0.39, 0.29) is 35.9 Å². The predicted octanol–water partition coefficient (Wildman–Crippen LogP) is -3.26. The molecule has 7 heteroatoms. The summed E-state index contributed by atoms with van der Waals surface area (Å²) in [7, 11) is -4.61. The molecule has 0 unspecified atom stereocenters. The Morgan fingerprint density at radius 2 is 0.857 bits per heavy atom. The van der Waals surface area contributed by atoms with Crippen LogP contribution in [-0.4, -0.2) is 47.1 Å². The van der Waals surface area contributed by atoms with Crippen molar-refractivity contribution in [2.24, 2.45) is 0 Å². The zero-order valence-electron chi connectivity index (χ0n) is 2.64. The van der Waals surface area contributed by atoms with Crippen LogP contribution in [0.2, 0.25) is 0 Å². The summed E-state index contributed by atoms with van der Waals surface area (Å²) >= 11 is 0. The van der Waals surface area contributed by atoms with E-state index in [0.29, 0.717) is 0 Å². The fourth-order valence-electron chi connectivity index (χ4n) is 0. The van der Waals surface area contributed by atoms with Crippen molar-refractivity contribution in [3.05, 3.63) is 0 Å². The Hall–Kier alpha value is 1.17. The summed E-state index contributed by atoms with van der Waals surface area (Å²) in [5.74, 6) is 0. The predicted molar refractivity (Wildman–Crippen MR) is 21.8 cm³/mol. The number of rotatable bonds is 0. The van der Waals surface area contributed by atoms with Gasteiger partial charge in [-0.15, -0.1) is 0 Å². The van der Waals surface area contributed by atoms with E-state index in [4.69, 9.17) is 19.2 Å². The summed E-state index contributed by atoms with van der Waals surface area (Å²) < 4.78 is 0. The second-order valence-electron chi connectivity index (χ2n) is 0.600. The molecule has 4 nitrogen and oxygen atoms in total. The van der Waals surface area contributed by atoms with Crippen molar-refractivity contribution >= 4 is 27.9 Å². The molecule has 0 aliphatic heterocycles. The first-order valence-electron chi connectivity index (χ1n) is 0.894. The van der Waals surface area contributed by atoms with Crippen LogP contribution in [0.4, 0.5) is 0 Å². The van der Waals surface area contributed by atoms with Gasteiger partial charge < -0.3 is 19.2 Å². The minimum absolute atomic E-state index is 0. The van der Waals surface area contributed by atoms with Crippen LogP contribution in [0.3, 0.4) is 0 Å². The van der Waals surface area contributed by atoms with E-state index < -0.39 is 9.05 Å². The molecule has 0 aliphatic rings. The van der Waals surface area contributed by atoms with Gasteiger partial charge in [0.05, 0.1) is 0 Å². The second kappa shape index (κ2) is 5.31. The molecule has 42 valence electrons. The van der Waals surface area contributed by atoms with E-state index >= 15 is 0 Å². The average molecular weight is 160 g/mol. The monoisotopic (exact) mass is 160 g/mol. The Balaban J connectivity index is -0.0000000800. The first-order valence-corrected chi connectivity index (χ1v) is 2.68. The molecule has 0 aromatic rings. The Labute approximate surface area is 64.3 Å².